The molecule has 0 bridgehead atoms. The predicted octanol–water partition coefficient (Wildman–Crippen LogP) is 1.67. The summed E-state index contributed by atoms with van der Waals surface area (Å²) in [6.45, 7) is 4.66. The van der Waals surface area contributed by atoms with E-state index in [2.05, 4.69) is 29.3 Å². The lowest BCUT2D eigenvalue weighted by Crippen LogP contribution is -2.30. The lowest BCUT2D eigenvalue weighted by atomic mass is 10.1. The van der Waals surface area contributed by atoms with Gasteiger partial charge in [0.05, 0.1) is 11.8 Å². The Morgan fingerprint density at radius 1 is 1.14 bits per heavy atom. The normalized spacial score (nSPS) is 19.6. The number of hydrogen-bond donors (Lipinski definition) is 2. The van der Waals surface area contributed by atoms with Crippen LogP contribution in [0.15, 0.2) is 43.0 Å². The van der Waals surface area contributed by atoms with Gasteiger partial charge in [-0.1, -0.05) is 36.4 Å². The number of nitrogens with one attached hydrogen (secondary N) is 2. The van der Waals surface area contributed by atoms with E-state index in [4.69, 9.17) is 0 Å². The minimum Gasteiger partial charge on any atom is -0.356 e. The molecule has 1 aliphatic carbocycles. The smallest absolute Gasteiger partial charge is 0.224 e. The second-order valence-corrected chi connectivity index (χ2v) is 5.36. The highest BCUT2D eigenvalue weighted by Crippen LogP contribution is 2.38. The molecular weight excluding hydrogens is 264 g/mol. The van der Waals surface area contributed by atoms with Crippen LogP contribution in [0.25, 0.3) is 0 Å². The van der Waals surface area contributed by atoms with Crippen LogP contribution >= 0.6 is 0 Å². The van der Waals surface area contributed by atoms with Crippen LogP contribution in [0.2, 0.25) is 0 Å². The van der Waals surface area contributed by atoms with E-state index in [1.165, 1.54) is 5.56 Å². The molecule has 0 aliphatic heterocycles. The molecule has 2 atom stereocenters. The van der Waals surface area contributed by atoms with Gasteiger partial charge in [0.2, 0.25) is 11.8 Å². The average Bonchev–Trinajstić information content (AvgIpc) is 3.31. The molecule has 2 amide bonds. The van der Waals surface area contributed by atoms with Gasteiger partial charge in [-0.05, 0) is 24.8 Å². The zero-order valence-corrected chi connectivity index (χ0v) is 12.2. The highest BCUT2D eigenvalue weighted by atomic mass is 16.2. The van der Waals surface area contributed by atoms with Gasteiger partial charge in [-0.2, -0.15) is 0 Å². The van der Waals surface area contributed by atoms with Crippen molar-refractivity contribution >= 4 is 11.8 Å². The molecule has 1 aliphatic rings. The van der Waals surface area contributed by atoms with Crippen molar-refractivity contribution in [2.75, 3.05) is 13.1 Å². The maximum absolute atomic E-state index is 11.9. The molecule has 0 spiro atoms. The number of carbonyl (C=O) groups excluding carboxylic acids is 2. The maximum Gasteiger partial charge on any atom is 0.224 e. The molecule has 1 saturated carbocycles. The van der Waals surface area contributed by atoms with Gasteiger partial charge in [0.1, 0.15) is 0 Å². The number of hydrogen-bond acceptors (Lipinski definition) is 2. The monoisotopic (exact) mass is 286 g/mol. The zero-order chi connectivity index (χ0) is 15.1. The van der Waals surface area contributed by atoms with Gasteiger partial charge in [-0.25, -0.2) is 0 Å². The molecule has 0 aromatic heterocycles. The van der Waals surface area contributed by atoms with Crippen LogP contribution in [0.3, 0.4) is 0 Å². The third kappa shape index (κ3) is 4.74. The quantitative estimate of drug-likeness (QED) is 0.564. The van der Waals surface area contributed by atoms with Crippen molar-refractivity contribution < 1.29 is 9.59 Å². The maximum atomic E-state index is 11.9. The van der Waals surface area contributed by atoms with Gasteiger partial charge in [0, 0.05) is 13.1 Å². The molecule has 4 heteroatoms. The Hall–Kier alpha value is -2.10. The first-order valence-corrected chi connectivity index (χ1v) is 7.42. The topological polar surface area (TPSA) is 58.2 Å². The van der Waals surface area contributed by atoms with Crippen molar-refractivity contribution in [2.45, 2.75) is 19.3 Å². The molecule has 2 N–H and O–H groups in total. The fourth-order valence-electron chi connectivity index (χ4n) is 2.36. The average molecular weight is 286 g/mol. The molecule has 1 fully saturated rings. The summed E-state index contributed by atoms with van der Waals surface area (Å²) in [5.74, 6) is -0.341. The van der Waals surface area contributed by atoms with Crippen LogP contribution in [-0.2, 0) is 16.0 Å². The van der Waals surface area contributed by atoms with Gasteiger partial charge in [-0.15, -0.1) is 6.58 Å². The third-order valence-electron chi connectivity index (χ3n) is 3.67. The van der Waals surface area contributed by atoms with Crippen molar-refractivity contribution in [1.82, 2.24) is 10.6 Å². The fraction of sp³-hybridized carbons (Fsp3) is 0.412. The summed E-state index contributed by atoms with van der Waals surface area (Å²) < 4.78 is 0. The standard InChI is InChI=1S/C17H22N2O2/c1-2-10-18-16(20)14-12-15(14)17(21)19-11-6-9-13-7-4-3-5-8-13/h2-5,7-8,14-15H,1,6,9-12H2,(H,18,20)(H,19,21). The van der Waals surface area contributed by atoms with E-state index in [0.29, 0.717) is 19.5 Å². The highest BCUT2D eigenvalue weighted by molar-refractivity contribution is 5.92. The summed E-state index contributed by atoms with van der Waals surface area (Å²) in [6.07, 6.45) is 4.16. The molecule has 0 radical (unpaired) electrons. The summed E-state index contributed by atoms with van der Waals surface area (Å²) in [5, 5.41) is 5.65. The van der Waals surface area contributed by atoms with Crippen molar-refractivity contribution in [3.8, 4) is 0 Å². The molecule has 0 heterocycles. The first-order chi connectivity index (χ1) is 10.2. The molecule has 0 saturated heterocycles. The fourth-order valence-corrected chi connectivity index (χ4v) is 2.36. The van der Waals surface area contributed by atoms with E-state index in [9.17, 15) is 9.59 Å². The summed E-state index contributed by atoms with van der Waals surface area (Å²) in [4.78, 5) is 23.5. The van der Waals surface area contributed by atoms with Crippen molar-refractivity contribution in [3.63, 3.8) is 0 Å². The van der Waals surface area contributed by atoms with E-state index in [1.807, 2.05) is 18.2 Å². The van der Waals surface area contributed by atoms with Gasteiger partial charge < -0.3 is 10.6 Å². The van der Waals surface area contributed by atoms with Gasteiger partial charge in [-0.3, -0.25) is 9.59 Å². The van der Waals surface area contributed by atoms with Gasteiger partial charge in [0.25, 0.3) is 0 Å². The molecule has 4 nitrogen and oxygen atoms in total. The largest absolute Gasteiger partial charge is 0.356 e. The van der Waals surface area contributed by atoms with Crippen LogP contribution < -0.4 is 10.6 Å². The summed E-state index contributed by atoms with van der Waals surface area (Å²) in [7, 11) is 0. The SMILES string of the molecule is C=CCNC(=O)C1CC1C(=O)NCCCc1ccccc1. The van der Waals surface area contributed by atoms with Crippen LogP contribution in [0.5, 0.6) is 0 Å². The number of benzene rings is 1. The van der Waals surface area contributed by atoms with E-state index in [-0.39, 0.29) is 23.7 Å². The number of carbonyl (C=O) groups is 2. The zero-order valence-electron chi connectivity index (χ0n) is 12.2. The van der Waals surface area contributed by atoms with Crippen LogP contribution in [0.4, 0.5) is 0 Å². The number of aryl methyl sites for hydroxylation is 1. The molecule has 21 heavy (non-hydrogen) atoms. The Kier molecular flexibility index (Phi) is 5.55. The molecular formula is C17H22N2O2. The molecule has 1 aromatic carbocycles. The van der Waals surface area contributed by atoms with Gasteiger partial charge >= 0.3 is 0 Å². The lowest BCUT2D eigenvalue weighted by molar-refractivity contribution is -0.127. The van der Waals surface area contributed by atoms with Crippen molar-refractivity contribution in [3.05, 3.63) is 48.6 Å². The minimum atomic E-state index is -0.154. The Morgan fingerprint density at radius 2 is 1.81 bits per heavy atom. The Balaban J connectivity index is 1.60. The Bertz CT molecular complexity index is 499. The van der Waals surface area contributed by atoms with Crippen molar-refractivity contribution in [2.24, 2.45) is 11.8 Å². The molecule has 2 rings (SSSR count). The predicted molar refractivity (Wildman–Crippen MR) is 82.6 cm³/mol. The van der Waals surface area contributed by atoms with Gasteiger partial charge in [0.15, 0.2) is 0 Å². The minimum absolute atomic E-state index is 0.00168. The van der Waals surface area contributed by atoms with E-state index in [1.54, 1.807) is 6.08 Å². The van der Waals surface area contributed by atoms with Crippen LogP contribution in [0, 0.1) is 11.8 Å². The Labute approximate surface area is 125 Å². The second-order valence-electron chi connectivity index (χ2n) is 5.36. The number of amides is 2. The number of rotatable bonds is 8. The summed E-state index contributed by atoms with van der Waals surface area (Å²) >= 11 is 0. The van der Waals surface area contributed by atoms with E-state index >= 15 is 0 Å². The Morgan fingerprint density at radius 3 is 2.48 bits per heavy atom. The first kappa shape index (κ1) is 15.3. The molecule has 1 aromatic rings. The van der Waals surface area contributed by atoms with E-state index in [0.717, 1.165) is 12.8 Å². The van der Waals surface area contributed by atoms with Crippen LogP contribution in [0.1, 0.15) is 18.4 Å². The molecule has 2 unspecified atom stereocenters. The van der Waals surface area contributed by atoms with E-state index < -0.39 is 0 Å². The van der Waals surface area contributed by atoms with Crippen LogP contribution in [-0.4, -0.2) is 24.9 Å². The second kappa shape index (κ2) is 7.62. The summed E-state index contributed by atoms with van der Waals surface area (Å²) in [6, 6.07) is 10.2. The first-order valence-electron chi connectivity index (χ1n) is 7.42. The highest BCUT2D eigenvalue weighted by Gasteiger charge is 2.47. The molecule has 112 valence electrons. The van der Waals surface area contributed by atoms with Crippen molar-refractivity contribution in [1.29, 1.82) is 0 Å². The lowest BCUT2D eigenvalue weighted by Gasteiger charge is -2.05. The summed E-state index contributed by atoms with van der Waals surface area (Å²) in [5.41, 5.74) is 1.28. The third-order valence-corrected chi connectivity index (χ3v) is 3.67.